The van der Waals surface area contributed by atoms with Gasteiger partial charge in [-0.3, -0.25) is 0 Å². The first-order valence-corrected chi connectivity index (χ1v) is 5.50. The van der Waals surface area contributed by atoms with E-state index in [1.165, 1.54) is 6.42 Å². The molecule has 0 spiro atoms. The fourth-order valence-electron chi connectivity index (χ4n) is 2.40. The lowest BCUT2D eigenvalue weighted by Crippen LogP contribution is -2.49. The Morgan fingerprint density at radius 3 is 2.14 bits per heavy atom. The van der Waals surface area contributed by atoms with E-state index in [1.807, 2.05) is 13.8 Å². The fraction of sp³-hybridized carbons (Fsp3) is 1.00. The minimum atomic E-state index is -0.448. The van der Waals surface area contributed by atoms with Gasteiger partial charge in [0, 0.05) is 12.8 Å². The summed E-state index contributed by atoms with van der Waals surface area (Å²) in [6, 6.07) is 0. The molecule has 14 heavy (non-hydrogen) atoms. The fourth-order valence-corrected chi connectivity index (χ4v) is 2.40. The Hall–Kier alpha value is -0.620. The second kappa shape index (κ2) is 3.86. The van der Waals surface area contributed by atoms with Gasteiger partial charge < -0.3 is 5.11 Å². The summed E-state index contributed by atoms with van der Waals surface area (Å²) >= 11 is 0. The van der Waals surface area contributed by atoms with Crippen molar-refractivity contribution >= 4 is 0 Å². The highest BCUT2D eigenvalue weighted by molar-refractivity contribution is 5.10. The highest BCUT2D eigenvalue weighted by Crippen LogP contribution is 2.47. The summed E-state index contributed by atoms with van der Waals surface area (Å²) in [4.78, 5) is 3.61. The summed E-state index contributed by atoms with van der Waals surface area (Å²) in [5.41, 5.74) is -0.776. The maximum absolute atomic E-state index is 9.76. The molecule has 1 saturated carbocycles. The lowest BCUT2D eigenvalue weighted by atomic mass is 9.63. The molecule has 0 bridgehead atoms. The molecule has 0 aromatic carbocycles. The smallest absolute Gasteiger partial charge is 0.330 e. The molecule has 1 N–H and O–H groups in total. The van der Waals surface area contributed by atoms with Gasteiger partial charge in [0.05, 0.1) is 11.5 Å². The average Bonchev–Trinajstić information content (AvgIpc) is 2.18. The second-order valence-corrected chi connectivity index (χ2v) is 5.09. The molecule has 80 valence electrons. The average molecular weight is 197 g/mol. The summed E-state index contributed by atoms with van der Waals surface area (Å²) < 4.78 is 0. The van der Waals surface area contributed by atoms with Crippen molar-refractivity contribution in [3.8, 4) is 0 Å². The molecule has 0 amide bonds. The van der Waals surface area contributed by atoms with Crippen LogP contribution in [0.4, 0.5) is 0 Å². The molecule has 1 rings (SSSR count). The highest BCUT2D eigenvalue weighted by atomic mass is 16.3. The zero-order chi connectivity index (χ0) is 10.8. The van der Waals surface area contributed by atoms with Crippen LogP contribution >= 0.6 is 0 Å². The van der Waals surface area contributed by atoms with Crippen molar-refractivity contribution < 1.29 is 5.11 Å². The molecule has 0 radical (unpaired) electrons. The van der Waals surface area contributed by atoms with Crippen LogP contribution in [0.25, 0.3) is 4.98 Å². The van der Waals surface area contributed by atoms with Crippen molar-refractivity contribution in [2.24, 2.45) is 5.41 Å². The molecular weight excluding hydrogens is 176 g/mol. The standard InChI is InChI=1S/C11H21N2O/c1-9(14)10(2,3)11(13-12)7-5-4-6-8-11/h9,14H,4-8H2,1-3H3/q+1. The van der Waals surface area contributed by atoms with Gasteiger partial charge in [-0.15, -0.1) is 0 Å². The normalized spacial score (nSPS) is 23.9. The number of aliphatic hydroxyl groups is 1. The maximum Gasteiger partial charge on any atom is 0.330 e. The largest absolute Gasteiger partial charge is 0.393 e. The summed E-state index contributed by atoms with van der Waals surface area (Å²) in [5, 5.41) is 19.0. The molecule has 1 aliphatic rings. The van der Waals surface area contributed by atoms with Crippen molar-refractivity contribution in [3.63, 3.8) is 0 Å². The first-order chi connectivity index (χ1) is 6.46. The minimum Gasteiger partial charge on any atom is -0.393 e. The molecule has 3 heteroatoms. The van der Waals surface area contributed by atoms with E-state index in [-0.39, 0.29) is 5.41 Å². The van der Waals surface area contributed by atoms with Crippen LogP contribution in [0.2, 0.25) is 0 Å². The monoisotopic (exact) mass is 197 g/mol. The van der Waals surface area contributed by atoms with E-state index in [9.17, 15) is 10.5 Å². The van der Waals surface area contributed by atoms with Crippen LogP contribution in [0.1, 0.15) is 52.9 Å². The predicted octanol–water partition coefficient (Wildman–Crippen LogP) is 2.95. The van der Waals surface area contributed by atoms with Crippen molar-refractivity contribution in [2.45, 2.75) is 64.5 Å². The number of nitrogens with zero attached hydrogens (tertiary/aromatic N) is 2. The molecular formula is C11H21N2O+. The van der Waals surface area contributed by atoms with Crippen LogP contribution < -0.4 is 0 Å². The van der Waals surface area contributed by atoms with E-state index >= 15 is 0 Å². The molecule has 0 aliphatic heterocycles. The molecule has 1 aliphatic carbocycles. The SMILES string of the molecule is CC(O)C(C)(C)C1([N+]#N)CCCCC1. The summed E-state index contributed by atoms with van der Waals surface area (Å²) in [6.07, 6.45) is 4.74. The van der Waals surface area contributed by atoms with Crippen LogP contribution in [0.5, 0.6) is 0 Å². The zero-order valence-corrected chi connectivity index (χ0v) is 9.45. The molecule has 1 atom stereocenters. The molecule has 0 aromatic heterocycles. The van der Waals surface area contributed by atoms with Gasteiger partial charge in [0.2, 0.25) is 5.39 Å². The summed E-state index contributed by atoms with van der Waals surface area (Å²) in [6.45, 7) is 5.76. The van der Waals surface area contributed by atoms with Crippen LogP contribution in [0, 0.1) is 10.8 Å². The number of rotatable bonds is 2. The third-order valence-corrected chi connectivity index (χ3v) is 4.12. The van der Waals surface area contributed by atoms with Crippen LogP contribution in [-0.4, -0.2) is 16.7 Å². The Morgan fingerprint density at radius 2 is 1.79 bits per heavy atom. The van der Waals surface area contributed by atoms with Crippen LogP contribution in [0.15, 0.2) is 0 Å². The first-order valence-electron chi connectivity index (χ1n) is 5.50. The molecule has 0 aromatic rings. The molecule has 1 unspecified atom stereocenters. The summed E-state index contributed by atoms with van der Waals surface area (Å²) in [5.74, 6) is 0. The predicted molar refractivity (Wildman–Crippen MR) is 56.4 cm³/mol. The topological polar surface area (TPSA) is 48.4 Å². The second-order valence-electron chi connectivity index (χ2n) is 5.09. The van der Waals surface area contributed by atoms with Gasteiger partial charge in [0.15, 0.2) is 0 Å². The van der Waals surface area contributed by atoms with Gasteiger partial charge in [-0.1, -0.05) is 6.42 Å². The van der Waals surface area contributed by atoms with E-state index in [0.29, 0.717) is 0 Å². The van der Waals surface area contributed by atoms with Gasteiger partial charge in [0.25, 0.3) is 0 Å². The minimum absolute atomic E-state index is 0.345. The van der Waals surface area contributed by atoms with Gasteiger partial charge in [-0.25, -0.2) is 0 Å². The van der Waals surface area contributed by atoms with E-state index in [4.69, 9.17) is 0 Å². The number of diazo groups is 1. The quantitative estimate of drug-likeness (QED) is 0.692. The van der Waals surface area contributed by atoms with E-state index in [1.54, 1.807) is 6.92 Å². The lowest BCUT2D eigenvalue weighted by Gasteiger charge is -2.36. The van der Waals surface area contributed by atoms with Gasteiger partial charge >= 0.3 is 5.54 Å². The zero-order valence-electron chi connectivity index (χ0n) is 9.45. The number of hydrogen-bond donors (Lipinski definition) is 1. The third-order valence-electron chi connectivity index (χ3n) is 4.12. The number of hydrogen-bond acceptors (Lipinski definition) is 2. The highest BCUT2D eigenvalue weighted by Gasteiger charge is 2.59. The third kappa shape index (κ3) is 1.64. The van der Waals surface area contributed by atoms with E-state index in [0.717, 1.165) is 25.7 Å². The van der Waals surface area contributed by atoms with Crippen LogP contribution in [-0.2, 0) is 0 Å². The van der Waals surface area contributed by atoms with Crippen molar-refractivity contribution in [2.75, 3.05) is 0 Å². The van der Waals surface area contributed by atoms with Gasteiger partial charge in [0.1, 0.15) is 4.98 Å². The maximum atomic E-state index is 9.76. The van der Waals surface area contributed by atoms with Gasteiger partial charge in [-0.2, -0.15) is 0 Å². The Balaban J connectivity index is 2.94. The van der Waals surface area contributed by atoms with E-state index < -0.39 is 11.6 Å². The first kappa shape index (κ1) is 11.5. The summed E-state index contributed by atoms with van der Waals surface area (Å²) in [7, 11) is 0. The van der Waals surface area contributed by atoms with Crippen molar-refractivity contribution in [1.29, 1.82) is 5.39 Å². The van der Waals surface area contributed by atoms with Crippen molar-refractivity contribution in [3.05, 3.63) is 4.98 Å². The number of aliphatic hydroxyl groups excluding tert-OH is 1. The Kier molecular flexibility index (Phi) is 3.16. The van der Waals surface area contributed by atoms with Gasteiger partial charge in [-0.05, 0) is 33.6 Å². The Bertz CT molecular complexity index is 234. The molecule has 3 nitrogen and oxygen atoms in total. The van der Waals surface area contributed by atoms with E-state index in [2.05, 4.69) is 4.98 Å². The molecule has 1 fully saturated rings. The Labute approximate surface area is 86.1 Å². The van der Waals surface area contributed by atoms with Crippen molar-refractivity contribution in [1.82, 2.24) is 0 Å². The molecule has 0 heterocycles. The Morgan fingerprint density at radius 1 is 1.29 bits per heavy atom. The lowest BCUT2D eigenvalue weighted by molar-refractivity contribution is 0.00345. The molecule has 0 saturated heterocycles. The van der Waals surface area contributed by atoms with Crippen LogP contribution in [0.3, 0.4) is 0 Å².